The number of guanidine groups is 1. The molecule has 0 aliphatic carbocycles. The van der Waals surface area contributed by atoms with Gasteiger partial charge in [-0.3, -0.25) is 9.79 Å². The standard InChI is InChI=1S/C11H21N3O/c1-5-9(15)10(8(2)3)13-11-12-6-7-14(11)4/h8,10H,5-7H2,1-4H3,(H,12,13)/t10-/m0/s1. The summed E-state index contributed by atoms with van der Waals surface area (Å²) in [6, 6.07) is -0.103. The van der Waals surface area contributed by atoms with E-state index in [4.69, 9.17) is 0 Å². The number of carbonyl (C=O) groups excluding carboxylic acids is 1. The minimum atomic E-state index is -0.103. The highest BCUT2D eigenvalue weighted by molar-refractivity contribution is 5.90. The summed E-state index contributed by atoms with van der Waals surface area (Å²) in [6.07, 6.45) is 0.576. The van der Waals surface area contributed by atoms with Crippen molar-refractivity contribution in [2.75, 3.05) is 20.1 Å². The highest BCUT2D eigenvalue weighted by atomic mass is 16.1. The topological polar surface area (TPSA) is 44.7 Å². The molecule has 0 fully saturated rings. The number of nitrogens with one attached hydrogen (secondary N) is 1. The number of carbonyl (C=O) groups is 1. The molecular weight excluding hydrogens is 190 g/mol. The van der Waals surface area contributed by atoms with E-state index in [1.54, 1.807) is 0 Å². The minimum absolute atomic E-state index is 0.103. The van der Waals surface area contributed by atoms with Crippen molar-refractivity contribution in [3.63, 3.8) is 0 Å². The van der Waals surface area contributed by atoms with E-state index < -0.39 is 0 Å². The van der Waals surface area contributed by atoms with Crippen molar-refractivity contribution in [1.82, 2.24) is 10.2 Å². The van der Waals surface area contributed by atoms with Gasteiger partial charge in [-0.25, -0.2) is 0 Å². The number of Topliss-reactive ketones (excluding diaryl/α,β-unsaturated/α-hetero) is 1. The van der Waals surface area contributed by atoms with Gasteiger partial charge in [0.05, 0.1) is 12.6 Å². The monoisotopic (exact) mass is 211 g/mol. The fourth-order valence-corrected chi connectivity index (χ4v) is 1.67. The van der Waals surface area contributed by atoms with Gasteiger partial charge < -0.3 is 10.2 Å². The molecule has 0 unspecified atom stereocenters. The zero-order valence-electron chi connectivity index (χ0n) is 10.1. The molecule has 1 aliphatic rings. The fraction of sp³-hybridized carbons (Fsp3) is 0.818. The van der Waals surface area contributed by atoms with E-state index in [2.05, 4.69) is 29.1 Å². The van der Waals surface area contributed by atoms with E-state index in [1.165, 1.54) is 0 Å². The van der Waals surface area contributed by atoms with Gasteiger partial charge in [-0.05, 0) is 5.92 Å². The molecule has 0 aromatic rings. The summed E-state index contributed by atoms with van der Waals surface area (Å²) in [5.41, 5.74) is 0. The fourth-order valence-electron chi connectivity index (χ4n) is 1.67. The van der Waals surface area contributed by atoms with Crippen LogP contribution in [0.15, 0.2) is 4.99 Å². The first-order valence-corrected chi connectivity index (χ1v) is 5.61. The largest absolute Gasteiger partial charge is 0.346 e. The Kier molecular flexibility index (Phi) is 4.12. The third-order valence-electron chi connectivity index (χ3n) is 2.71. The van der Waals surface area contributed by atoms with Crippen molar-refractivity contribution in [2.45, 2.75) is 33.2 Å². The molecule has 0 radical (unpaired) electrons. The van der Waals surface area contributed by atoms with E-state index in [9.17, 15) is 4.79 Å². The van der Waals surface area contributed by atoms with Gasteiger partial charge in [-0.2, -0.15) is 0 Å². The van der Waals surface area contributed by atoms with Crippen molar-refractivity contribution in [3.05, 3.63) is 0 Å². The molecular formula is C11H21N3O. The van der Waals surface area contributed by atoms with Gasteiger partial charge in [0.15, 0.2) is 11.7 Å². The summed E-state index contributed by atoms with van der Waals surface area (Å²) in [4.78, 5) is 18.1. The van der Waals surface area contributed by atoms with Crippen LogP contribution in [0.25, 0.3) is 0 Å². The van der Waals surface area contributed by atoms with E-state index in [-0.39, 0.29) is 11.8 Å². The molecule has 0 saturated heterocycles. The first-order valence-electron chi connectivity index (χ1n) is 5.61. The molecule has 15 heavy (non-hydrogen) atoms. The van der Waals surface area contributed by atoms with Crippen LogP contribution in [0.1, 0.15) is 27.2 Å². The first kappa shape index (κ1) is 12.0. The Bertz CT molecular complexity index is 261. The third-order valence-corrected chi connectivity index (χ3v) is 2.71. The first-order chi connectivity index (χ1) is 7.06. The molecule has 0 amide bonds. The molecule has 0 aromatic heterocycles. The molecule has 0 bridgehead atoms. The Balaban J connectivity index is 2.62. The van der Waals surface area contributed by atoms with E-state index >= 15 is 0 Å². The average molecular weight is 211 g/mol. The molecule has 4 nitrogen and oxygen atoms in total. The molecule has 1 heterocycles. The summed E-state index contributed by atoms with van der Waals surface area (Å²) in [6.45, 7) is 7.78. The van der Waals surface area contributed by atoms with Crippen molar-refractivity contribution < 1.29 is 4.79 Å². The van der Waals surface area contributed by atoms with Gasteiger partial charge >= 0.3 is 0 Å². The van der Waals surface area contributed by atoms with E-state index in [0.29, 0.717) is 12.3 Å². The molecule has 0 spiro atoms. The Labute approximate surface area is 91.7 Å². The van der Waals surface area contributed by atoms with Crippen molar-refractivity contribution in [3.8, 4) is 0 Å². The maximum Gasteiger partial charge on any atom is 0.194 e. The smallest absolute Gasteiger partial charge is 0.194 e. The number of nitrogens with zero attached hydrogens (tertiary/aromatic N) is 2. The number of rotatable bonds is 4. The predicted molar refractivity (Wildman–Crippen MR) is 62.0 cm³/mol. The zero-order chi connectivity index (χ0) is 11.4. The lowest BCUT2D eigenvalue weighted by Gasteiger charge is -2.24. The van der Waals surface area contributed by atoms with Crippen LogP contribution in [0.4, 0.5) is 0 Å². The highest BCUT2D eigenvalue weighted by Crippen LogP contribution is 2.07. The van der Waals surface area contributed by atoms with Gasteiger partial charge in [-0.1, -0.05) is 20.8 Å². The van der Waals surface area contributed by atoms with Crippen molar-refractivity contribution in [2.24, 2.45) is 10.9 Å². The average Bonchev–Trinajstić information content (AvgIpc) is 2.59. The Morgan fingerprint density at radius 3 is 2.67 bits per heavy atom. The van der Waals surface area contributed by atoms with Gasteiger partial charge in [0.1, 0.15) is 0 Å². The van der Waals surface area contributed by atoms with Gasteiger partial charge in [0.25, 0.3) is 0 Å². The second kappa shape index (κ2) is 5.14. The van der Waals surface area contributed by atoms with Gasteiger partial charge in [0.2, 0.25) is 0 Å². The zero-order valence-corrected chi connectivity index (χ0v) is 10.1. The van der Waals surface area contributed by atoms with Crippen LogP contribution in [0.3, 0.4) is 0 Å². The van der Waals surface area contributed by atoms with Crippen LogP contribution >= 0.6 is 0 Å². The van der Waals surface area contributed by atoms with Crippen molar-refractivity contribution in [1.29, 1.82) is 0 Å². The summed E-state index contributed by atoms with van der Waals surface area (Å²) < 4.78 is 0. The predicted octanol–water partition coefficient (Wildman–Crippen LogP) is 0.881. The van der Waals surface area contributed by atoms with Crippen LogP contribution in [0, 0.1) is 5.92 Å². The van der Waals surface area contributed by atoms with Gasteiger partial charge in [-0.15, -0.1) is 0 Å². The Hall–Kier alpha value is -1.06. The SMILES string of the molecule is CCC(=O)[C@@H](NC1=NCCN1C)C(C)C. The molecule has 1 atom stereocenters. The molecule has 0 saturated carbocycles. The quantitative estimate of drug-likeness (QED) is 0.751. The van der Waals surface area contributed by atoms with Crippen molar-refractivity contribution >= 4 is 11.7 Å². The summed E-state index contributed by atoms with van der Waals surface area (Å²) in [7, 11) is 1.99. The second-order valence-electron chi connectivity index (χ2n) is 4.31. The van der Waals surface area contributed by atoms with Crippen LogP contribution in [0.2, 0.25) is 0 Å². The number of hydrogen-bond acceptors (Lipinski definition) is 4. The van der Waals surface area contributed by atoms with Crippen LogP contribution in [-0.2, 0) is 4.79 Å². The molecule has 86 valence electrons. The summed E-state index contributed by atoms with van der Waals surface area (Å²) >= 11 is 0. The summed E-state index contributed by atoms with van der Waals surface area (Å²) in [5, 5.41) is 3.24. The van der Waals surface area contributed by atoms with Crippen LogP contribution in [-0.4, -0.2) is 42.8 Å². The number of aliphatic imine (C=N–C) groups is 1. The minimum Gasteiger partial charge on any atom is -0.346 e. The van der Waals surface area contributed by atoms with Crippen LogP contribution in [0.5, 0.6) is 0 Å². The Morgan fingerprint density at radius 2 is 2.27 bits per heavy atom. The third kappa shape index (κ3) is 2.94. The molecule has 1 aliphatic heterocycles. The second-order valence-corrected chi connectivity index (χ2v) is 4.31. The molecule has 0 aromatic carbocycles. The van der Waals surface area contributed by atoms with E-state index in [0.717, 1.165) is 19.0 Å². The van der Waals surface area contributed by atoms with Gasteiger partial charge in [0, 0.05) is 20.0 Å². The maximum absolute atomic E-state index is 11.7. The lowest BCUT2D eigenvalue weighted by molar-refractivity contribution is -0.121. The maximum atomic E-state index is 11.7. The molecule has 1 rings (SSSR count). The number of ketones is 1. The van der Waals surface area contributed by atoms with E-state index in [1.807, 2.05) is 14.0 Å². The number of hydrogen-bond donors (Lipinski definition) is 1. The summed E-state index contributed by atoms with van der Waals surface area (Å²) in [5.74, 6) is 1.41. The lowest BCUT2D eigenvalue weighted by Crippen LogP contribution is -2.48. The Morgan fingerprint density at radius 1 is 1.60 bits per heavy atom. The molecule has 4 heteroatoms. The highest BCUT2D eigenvalue weighted by Gasteiger charge is 2.24. The number of likely N-dealkylation sites (N-methyl/N-ethyl adjacent to an activating group) is 1. The normalized spacial score (nSPS) is 17.9. The lowest BCUT2D eigenvalue weighted by atomic mass is 9.98. The molecule has 1 N–H and O–H groups in total. The van der Waals surface area contributed by atoms with Crippen LogP contribution < -0.4 is 5.32 Å².